The highest BCUT2D eigenvalue weighted by Crippen LogP contribution is 2.55. The highest BCUT2D eigenvalue weighted by molar-refractivity contribution is 7.86. The minimum absolute atomic E-state index is 0.0191. The molecule has 0 spiro atoms. The first kappa shape index (κ1) is 39.7. The van der Waals surface area contributed by atoms with Gasteiger partial charge in [-0.25, -0.2) is 9.59 Å². The molecule has 14 heteroatoms. The van der Waals surface area contributed by atoms with Crippen molar-refractivity contribution in [3.63, 3.8) is 0 Å². The topological polar surface area (TPSA) is 164 Å². The zero-order chi connectivity index (χ0) is 37.2. The van der Waals surface area contributed by atoms with E-state index in [0.717, 1.165) is 12.0 Å². The number of esters is 1. The number of aryl methyl sites for hydroxylation is 1. The number of nitrogens with zero attached hydrogens (tertiary/aromatic N) is 1. The highest BCUT2D eigenvalue weighted by Gasteiger charge is 2.69. The number of amides is 1. The number of aliphatic hydroxyl groups is 1. The van der Waals surface area contributed by atoms with Crippen LogP contribution in [0.1, 0.15) is 79.2 Å². The minimum atomic E-state index is -4.18. The van der Waals surface area contributed by atoms with Gasteiger partial charge in [0.25, 0.3) is 10.1 Å². The van der Waals surface area contributed by atoms with Crippen LogP contribution in [0.2, 0.25) is 0 Å². The molecule has 8 atom stereocenters. The molecule has 1 amide bonds. The molecule has 4 rings (SSSR count). The second kappa shape index (κ2) is 15.7. The number of piperidine rings is 1. The quantitative estimate of drug-likeness (QED) is 0.151. The number of carbonyl (C=O) groups is 3. The standard InChI is InChI=1S/C36H53NO12S/c1-10-11-17-36-25(16-18-47-50(42,43)24-14-12-21(2)13-15-24)30(39)28(22(3)29(38)32-31(45-9)23(4)33(40)48-32)26(19-27(36)46-20-44-8)37(36)34(41)49-35(5,6)7/h12-15,22,25-29,32,38H,10-11,16-20H2,1-9H3/t22-,25-,26-,27-,28+,29?,32?,36-/m0/s1. The molecule has 0 radical (unpaired) electrons. The normalized spacial score (nSPS) is 28.1. The molecule has 0 aromatic heterocycles. The summed E-state index contributed by atoms with van der Waals surface area (Å²) < 4.78 is 60.4. The van der Waals surface area contributed by atoms with E-state index < -0.39 is 75.4 Å². The van der Waals surface area contributed by atoms with Crippen LogP contribution in [0.15, 0.2) is 40.5 Å². The molecule has 2 bridgehead atoms. The van der Waals surface area contributed by atoms with Gasteiger partial charge in [-0.05, 0) is 71.9 Å². The first-order valence-electron chi connectivity index (χ1n) is 17.2. The Morgan fingerprint density at radius 3 is 2.38 bits per heavy atom. The summed E-state index contributed by atoms with van der Waals surface area (Å²) in [5.74, 6) is -3.59. The van der Waals surface area contributed by atoms with E-state index in [1.807, 2.05) is 13.8 Å². The van der Waals surface area contributed by atoms with E-state index in [-0.39, 0.29) is 48.3 Å². The van der Waals surface area contributed by atoms with E-state index in [0.29, 0.717) is 12.8 Å². The molecule has 2 unspecified atom stereocenters. The van der Waals surface area contributed by atoms with Gasteiger partial charge in [0.1, 0.15) is 30.0 Å². The van der Waals surface area contributed by atoms with Crippen molar-refractivity contribution in [2.45, 2.75) is 121 Å². The Labute approximate surface area is 295 Å². The summed E-state index contributed by atoms with van der Waals surface area (Å²) in [6.07, 6.45) is -2.06. The van der Waals surface area contributed by atoms with Crippen molar-refractivity contribution in [2.75, 3.05) is 27.6 Å². The number of fused-ring (bicyclic) bond motifs is 2. The van der Waals surface area contributed by atoms with Crippen LogP contribution in [0, 0.1) is 24.7 Å². The van der Waals surface area contributed by atoms with E-state index in [4.69, 9.17) is 27.9 Å². The number of benzene rings is 1. The predicted octanol–water partition coefficient (Wildman–Crippen LogP) is 4.68. The Balaban J connectivity index is 1.82. The third-order valence-electron chi connectivity index (χ3n) is 10.1. The lowest BCUT2D eigenvalue weighted by Gasteiger charge is -2.54. The highest BCUT2D eigenvalue weighted by atomic mass is 32.2. The zero-order valence-electron chi connectivity index (χ0n) is 30.6. The van der Waals surface area contributed by atoms with Crippen LogP contribution >= 0.6 is 0 Å². The number of Topliss-reactive ketones (excluding diaryl/α,β-unsaturated/α-hetero) is 1. The minimum Gasteiger partial charge on any atom is -0.496 e. The largest absolute Gasteiger partial charge is 0.496 e. The number of rotatable bonds is 15. The van der Waals surface area contributed by atoms with Crippen molar-refractivity contribution in [3.8, 4) is 0 Å². The van der Waals surface area contributed by atoms with E-state index in [1.165, 1.54) is 33.3 Å². The smallest absolute Gasteiger partial charge is 0.411 e. The molecule has 3 aliphatic heterocycles. The average molecular weight is 724 g/mol. The van der Waals surface area contributed by atoms with Crippen LogP contribution < -0.4 is 0 Å². The molecule has 13 nitrogen and oxygen atoms in total. The molecule has 1 aromatic carbocycles. The fourth-order valence-electron chi connectivity index (χ4n) is 7.86. The van der Waals surface area contributed by atoms with E-state index in [1.54, 1.807) is 44.7 Å². The van der Waals surface area contributed by atoms with Crippen molar-refractivity contribution in [1.82, 2.24) is 4.90 Å². The van der Waals surface area contributed by atoms with Gasteiger partial charge < -0.3 is 28.8 Å². The summed E-state index contributed by atoms with van der Waals surface area (Å²) in [7, 11) is -1.33. The third kappa shape index (κ3) is 7.74. The second-order valence-electron chi connectivity index (χ2n) is 14.5. The molecule has 0 aliphatic carbocycles. The zero-order valence-corrected chi connectivity index (χ0v) is 31.4. The molecule has 50 heavy (non-hydrogen) atoms. The molecule has 1 aromatic rings. The van der Waals surface area contributed by atoms with Crippen molar-refractivity contribution in [2.24, 2.45) is 17.8 Å². The molecule has 0 saturated carbocycles. The number of ether oxygens (including phenoxy) is 5. The van der Waals surface area contributed by atoms with Gasteiger partial charge >= 0.3 is 12.1 Å². The van der Waals surface area contributed by atoms with Gasteiger partial charge in [0, 0.05) is 25.0 Å². The average Bonchev–Trinajstić information content (AvgIpc) is 3.49. The number of unbranched alkanes of at least 4 members (excludes halogenated alkanes) is 1. The number of ketones is 1. The Morgan fingerprint density at radius 2 is 1.80 bits per heavy atom. The summed E-state index contributed by atoms with van der Waals surface area (Å²) in [5.41, 5.74) is -1.04. The fraction of sp³-hybridized carbons (Fsp3) is 0.694. The number of methoxy groups -OCH3 is 2. The number of cyclic esters (lactones) is 1. The van der Waals surface area contributed by atoms with Gasteiger partial charge in [0.2, 0.25) is 0 Å². The molecule has 1 N–H and O–H groups in total. The van der Waals surface area contributed by atoms with E-state index >= 15 is 0 Å². The van der Waals surface area contributed by atoms with Gasteiger partial charge in [0.05, 0.1) is 35.8 Å². The molecular weight excluding hydrogens is 670 g/mol. The van der Waals surface area contributed by atoms with Crippen LogP contribution in [0.25, 0.3) is 0 Å². The molecule has 280 valence electrons. The summed E-state index contributed by atoms with van der Waals surface area (Å²) in [6.45, 7) is 11.8. The van der Waals surface area contributed by atoms with E-state index in [9.17, 15) is 27.9 Å². The van der Waals surface area contributed by atoms with Gasteiger partial charge in [0.15, 0.2) is 6.10 Å². The first-order valence-corrected chi connectivity index (χ1v) is 18.6. The summed E-state index contributed by atoms with van der Waals surface area (Å²) in [4.78, 5) is 43.4. The lowest BCUT2D eigenvalue weighted by molar-refractivity contribution is -0.164. The van der Waals surface area contributed by atoms with E-state index in [2.05, 4.69) is 0 Å². The Hall–Kier alpha value is -3.04. The van der Waals surface area contributed by atoms with Crippen LogP contribution in [0.4, 0.5) is 4.79 Å². The Bertz CT molecular complexity index is 1530. The third-order valence-corrected chi connectivity index (χ3v) is 11.5. The predicted molar refractivity (Wildman–Crippen MR) is 181 cm³/mol. The fourth-order valence-corrected chi connectivity index (χ4v) is 8.78. The molecular formula is C36H53NO12S. The van der Waals surface area contributed by atoms with Crippen molar-refractivity contribution < 1.29 is 55.8 Å². The maximum absolute atomic E-state index is 15.0. The Morgan fingerprint density at radius 1 is 1.14 bits per heavy atom. The van der Waals surface area contributed by atoms with Gasteiger partial charge in [-0.1, -0.05) is 44.4 Å². The lowest BCUT2D eigenvalue weighted by atomic mass is 9.65. The molecule has 3 aliphatic rings. The summed E-state index contributed by atoms with van der Waals surface area (Å²) in [6, 6.07) is 5.47. The van der Waals surface area contributed by atoms with Gasteiger partial charge in [-0.2, -0.15) is 8.42 Å². The molecule has 2 fully saturated rings. The molecule has 3 heterocycles. The summed E-state index contributed by atoms with van der Waals surface area (Å²) in [5, 5.41) is 11.8. The van der Waals surface area contributed by atoms with Crippen LogP contribution in [0.3, 0.4) is 0 Å². The van der Waals surface area contributed by atoms with Gasteiger partial charge in [-0.15, -0.1) is 0 Å². The first-order chi connectivity index (χ1) is 23.4. The Kier molecular flexibility index (Phi) is 12.5. The van der Waals surface area contributed by atoms with Crippen LogP contribution in [-0.4, -0.2) is 99.4 Å². The van der Waals surface area contributed by atoms with Crippen molar-refractivity contribution in [3.05, 3.63) is 41.2 Å². The second-order valence-corrected chi connectivity index (χ2v) is 16.2. The summed E-state index contributed by atoms with van der Waals surface area (Å²) >= 11 is 0. The van der Waals surface area contributed by atoms with Crippen LogP contribution in [-0.2, 0) is 47.6 Å². The van der Waals surface area contributed by atoms with Gasteiger partial charge in [-0.3, -0.25) is 13.9 Å². The van der Waals surface area contributed by atoms with Crippen LogP contribution in [0.5, 0.6) is 0 Å². The maximum Gasteiger partial charge on any atom is 0.411 e. The van der Waals surface area contributed by atoms with Crippen molar-refractivity contribution >= 4 is 28.0 Å². The molecule has 2 saturated heterocycles. The number of aliphatic hydroxyl groups excluding tert-OH is 1. The maximum atomic E-state index is 15.0. The SMILES string of the molecule is CCCC[C@@]12[C@@H](OCOC)C[C@@H]([C@@H]([C@H](C)C(O)C3OC(=O)C(C)=C3OC)C(=O)[C@@H]1CCOS(=O)(=O)c1ccc(C)cc1)N2C(=O)OC(C)(C)C. The van der Waals surface area contributed by atoms with Crippen molar-refractivity contribution in [1.29, 1.82) is 0 Å². The monoisotopic (exact) mass is 723 g/mol. The lowest BCUT2D eigenvalue weighted by Crippen LogP contribution is -2.69. The number of hydrogen-bond donors (Lipinski definition) is 1. The number of hydrogen-bond acceptors (Lipinski definition) is 12. The number of carbonyl (C=O) groups excluding carboxylic acids is 3.